The Morgan fingerprint density at radius 1 is 1.38 bits per heavy atom. The third-order valence-electron chi connectivity index (χ3n) is 0.434. The second kappa shape index (κ2) is 18.2. The number of nitrogens with zero attached hydrogens (tertiary/aromatic N) is 1. The van der Waals surface area contributed by atoms with Crippen LogP contribution in [-0.4, -0.2) is 41.4 Å². The van der Waals surface area contributed by atoms with E-state index in [0.29, 0.717) is 6.61 Å². The van der Waals surface area contributed by atoms with E-state index in [1.54, 1.807) is 14.1 Å². The number of aliphatic hydroxyl groups excluding tert-OH is 1. The maximum Gasteiger partial charge on any atom is 0.209 e. The SMILES string of the molecule is CCCO.CN(C)C=O.ClC(Cl)Cl. The minimum atomic E-state index is -0.750. The third-order valence-corrected chi connectivity index (χ3v) is 0.434. The van der Waals surface area contributed by atoms with Gasteiger partial charge in [-0.3, -0.25) is 4.79 Å². The molecule has 0 aliphatic rings. The molecular formula is C7H16Cl3NO2. The molecule has 0 aromatic rings. The van der Waals surface area contributed by atoms with Gasteiger partial charge in [-0.1, -0.05) is 41.7 Å². The van der Waals surface area contributed by atoms with Crippen LogP contribution in [0.3, 0.4) is 0 Å². The monoisotopic (exact) mass is 251 g/mol. The highest BCUT2D eigenvalue weighted by Gasteiger charge is 1.78. The van der Waals surface area contributed by atoms with E-state index >= 15 is 0 Å². The van der Waals surface area contributed by atoms with E-state index in [4.69, 9.17) is 39.9 Å². The number of carbonyl (C=O) groups excluding carboxylic acids is 1. The van der Waals surface area contributed by atoms with Crippen molar-refractivity contribution in [2.24, 2.45) is 0 Å². The molecule has 0 heterocycles. The lowest BCUT2D eigenvalue weighted by Gasteiger charge is -1.93. The molecule has 0 aliphatic heterocycles. The first-order valence-electron chi connectivity index (χ1n) is 3.57. The number of rotatable bonds is 2. The topological polar surface area (TPSA) is 40.5 Å². The van der Waals surface area contributed by atoms with Crippen LogP contribution in [0.15, 0.2) is 0 Å². The average molecular weight is 253 g/mol. The molecule has 0 saturated heterocycles. The van der Waals surface area contributed by atoms with Crippen molar-refractivity contribution in [1.29, 1.82) is 0 Å². The number of amides is 1. The third kappa shape index (κ3) is 120. The minimum absolute atomic E-state index is 0.319. The van der Waals surface area contributed by atoms with Crippen molar-refractivity contribution in [3.63, 3.8) is 0 Å². The lowest BCUT2D eigenvalue weighted by Crippen LogP contribution is -2.06. The molecule has 0 aliphatic carbocycles. The second-order valence-corrected chi connectivity index (χ2v) is 4.02. The Kier molecular flexibility index (Phi) is 26.5. The van der Waals surface area contributed by atoms with Crippen LogP contribution >= 0.6 is 34.8 Å². The van der Waals surface area contributed by atoms with Gasteiger partial charge in [0.25, 0.3) is 0 Å². The van der Waals surface area contributed by atoms with Crippen LogP contribution in [0.2, 0.25) is 0 Å². The van der Waals surface area contributed by atoms with E-state index in [2.05, 4.69) is 0 Å². The van der Waals surface area contributed by atoms with Crippen LogP contribution < -0.4 is 0 Å². The van der Waals surface area contributed by atoms with Gasteiger partial charge in [0.2, 0.25) is 6.41 Å². The lowest BCUT2D eigenvalue weighted by molar-refractivity contribution is -0.115. The summed E-state index contributed by atoms with van der Waals surface area (Å²) in [6.07, 6.45) is 1.62. The first-order chi connectivity index (χ1) is 5.92. The van der Waals surface area contributed by atoms with E-state index in [1.165, 1.54) is 4.90 Å². The van der Waals surface area contributed by atoms with Crippen LogP contribution in [0.4, 0.5) is 0 Å². The molecule has 13 heavy (non-hydrogen) atoms. The number of alkyl halides is 3. The highest BCUT2D eigenvalue weighted by atomic mass is 35.6. The molecule has 1 amide bonds. The summed E-state index contributed by atoms with van der Waals surface area (Å²) in [5, 5.41) is 7.88. The predicted molar refractivity (Wildman–Crippen MR) is 58.5 cm³/mol. The summed E-state index contributed by atoms with van der Waals surface area (Å²) in [4.78, 5) is 10.9. The van der Waals surface area contributed by atoms with Gasteiger partial charge in [0.05, 0.1) is 0 Å². The fourth-order valence-electron chi connectivity index (χ4n) is 0. The number of carbonyl (C=O) groups is 1. The van der Waals surface area contributed by atoms with Crippen molar-refractivity contribution < 1.29 is 9.90 Å². The molecule has 3 nitrogen and oxygen atoms in total. The largest absolute Gasteiger partial charge is 0.396 e. The van der Waals surface area contributed by atoms with Gasteiger partial charge in [0.15, 0.2) is 4.30 Å². The van der Waals surface area contributed by atoms with Gasteiger partial charge in [-0.05, 0) is 6.42 Å². The van der Waals surface area contributed by atoms with Crippen molar-refractivity contribution >= 4 is 41.2 Å². The van der Waals surface area contributed by atoms with Gasteiger partial charge in [0, 0.05) is 20.7 Å². The first-order valence-corrected chi connectivity index (χ1v) is 4.88. The zero-order chi connectivity index (χ0) is 11.3. The molecule has 82 valence electrons. The maximum atomic E-state index is 9.43. The first kappa shape index (κ1) is 19.0. The average Bonchev–Trinajstić information content (AvgIpc) is 2.04. The summed E-state index contributed by atoms with van der Waals surface area (Å²) in [7, 11) is 3.38. The summed E-state index contributed by atoms with van der Waals surface area (Å²) in [6, 6.07) is 0. The van der Waals surface area contributed by atoms with Gasteiger partial charge in [0.1, 0.15) is 0 Å². The van der Waals surface area contributed by atoms with Gasteiger partial charge in [-0.2, -0.15) is 0 Å². The predicted octanol–water partition coefficient (Wildman–Crippen LogP) is 2.08. The molecule has 0 atom stereocenters. The Balaban J connectivity index is -0.000000117. The number of halogens is 3. The zero-order valence-corrected chi connectivity index (χ0v) is 10.3. The van der Waals surface area contributed by atoms with Crippen molar-refractivity contribution in [2.75, 3.05) is 20.7 Å². The fourth-order valence-corrected chi connectivity index (χ4v) is 0. The Morgan fingerprint density at radius 3 is 1.54 bits per heavy atom. The Labute approximate surface area is 94.6 Å². The number of hydrogen-bond donors (Lipinski definition) is 1. The lowest BCUT2D eigenvalue weighted by atomic mass is 10.5. The summed E-state index contributed by atoms with van der Waals surface area (Å²) >= 11 is 14.4. The van der Waals surface area contributed by atoms with Crippen LogP contribution in [0.1, 0.15) is 13.3 Å². The molecule has 0 bridgehead atoms. The van der Waals surface area contributed by atoms with Crippen molar-refractivity contribution in [2.45, 2.75) is 17.6 Å². The highest BCUT2D eigenvalue weighted by Crippen LogP contribution is 2.03. The van der Waals surface area contributed by atoms with E-state index in [1.807, 2.05) is 6.92 Å². The van der Waals surface area contributed by atoms with Crippen LogP contribution in [0.25, 0.3) is 0 Å². The normalized spacial score (nSPS) is 7.69. The number of hydrogen-bond acceptors (Lipinski definition) is 2. The molecule has 0 aromatic carbocycles. The smallest absolute Gasteiger partial charge is 0.209 e. The van der Waals surface area contributed by atoms with Gasteiger partial charge in [-0.25, -0.2) is 0 Å². The van der Waals surface area contributed by atoms with E-state index < -0.39 is 4.30 Å². The van der Waals surface area contributed by atoms with E-state index in [0.717, 1.165) is 12.8 Å². The standard InChI is InChI=1S/C3H7NO.C3H8O.CHCl3/c1-4(2)3-5;1-2-3-4;2-1(3)4/h3H,1-2H3;4H,2-3H2,1H3;1H. The molecule has 0 fully saturated rings. The quantitative estimate of drug-likeness (QED) is 0.604. The number of aliphatic hydroxyl groups is 1. The Bertz CT molecular complexity index is 87.1. The van der Waals surface area contributed by atoms with Gasteiger partial charge < -0.3 is 10.0 Å². The van der Waals surface area contributed by atoms with Crippen molar-refractivity contribution in [1.82, 2.24) is 4.90 Å². The molecule has 0 rings (SSSR count). The second-order valence-electron chi connectivity index (χ2n) is 2.04. The molecule has 0 aromatic heterocycles. The molecule has 6 heteroatoms. The summed E-state index contributed by atoms with van der Waals surface area (Å²) < 4.78 is -0.750. The van der Waals surface area contributed by atoms with Crippen LogP contribution in [0, 0.1) is 0 Å². The van der Waals surface area contributed by atoms with Crippen molar-refractivity contribution in [3.05, 3.63) is 0 Å². The highest BCUT2D eigenvalue weighted by molar-refractivity contribution is 6.63. The van der Waals surface area contributed by atoms with Crippen LogP contribution in [-0.2, 0) is 4.79 Å². The van der Waals surface area contributed by atoms with Crippen molar-refractivity contribution in [3.8, 4) is 0 Å². The summed E-state index contributed by atoms with van der Waals surface area (Å²) in [5.41, 5.74) is 0. The molecule has 0 saturated carbocycles. The molecule has 0 radical (unpaired) electrons. The molecular weight excluding hydrogens is 236 g/mol. The maximum absolute atomic E-state index is 9.43. The molecule has 0 unspecified atom stereocenters. The Hall–Kier alpha value is 0.300. The van der Waals surface area contributed by atoms with Gasteiger partial charge in [-0.15, -0.1) is 0 Å². The summed E-state index contributed by atoms with van der Waals surface area (Å²) in [5.74, 6) is 0. The minimum Gasteiger partial charge on any atom is -0.396 e. The Morgan fingerprint density at radius 2 is 1.54 bits per heavy atom. The molecule has 0 spiro atoms. The fraction of sp³-hybridized carbons (Fsp3) is 0.857. The van der Waals surface area contributed by atoms with Gasteiger partial charge >= 0.3 is 0 Å². The zero-order valence-electron chi connectivity index (χ0n) is 8.01. The van der Waals surface area contributed by atoms with Crippen LogP contribution in [0.5, 0.6) is 0 Å². The van der Waals surface area contributed by atoms with E-state index in [9.17, 15) is 4.79 Å². The molecule has 1 N–H and O–H groups in total. The van der Waals surface area contributed by atoms with E-state index in [-0.39, 0.29) is 0 Å². The summed E-state index contributed by atoms with van der Waals surface area (Å²) in [6.45, 7) is 2.25.